The first-order valence-electron chi connectivity index (χ1n) is 10.2. The van der Waals surface area contributed by atoms with Gasteiger partial charge >= 0.3 is 0 Å². The van der Waals surface area contributed by atoms with E-state index in [4.69, 9.17) is 0 Å². The van der Waals surface area contributed by atoms with Crippen LogP contribution in [0.15, 0.2) is 54.9 Å². The largest absolute Gasteiger partial charge is 0.333 e. The molecule has 2 aliphatic rings. The molecule has 1 aromatic heterocycles. The van der Waals surface area contributed by atoms with E-state index in [1.807, 2.05) is 60.1 Å². The van der Waals surface area contributed by atoms with E-state index in [-0.39, 0.29) is 18.2 Å². The van der Waals surface area contributed by atoms with Gasteiger partial charge in [-0.15, -0.1) is 0 Å². The monoisotopic (exact) mass is 414 g/mol. The lowest BCUT2D eigenvalue weighted by Crippen LogP contribution is -2.61. The van der Waals surface area contributed by atoms with Gasteiger partial charge in [0.25, 0.3) is 11.8 Å². The Balaban J connectivity index is 1.52. The number of carbonyl (C=O) groups excluding carboxylic acids is 3. The zero-order chi connectivity index (χ0) is 21.8. The molecule has 0 saturated carbocycles. The molecule has 7 heteroatoms. The Kier molecular flexibility index (Phi) is 4.28. The minimum Gasteiger partial charge on any atom is -0.333 e. The number of piperidine rings is 1. The third-order valence-electron chi connectivity index (χ3n) is 6.34. The molecule has 3 amide bonds. The average Bonchev–Trinajstić information content (AvgIpc) is 3.32. The first kappa shape index (κ1) is 19.2. The Bertz CT molecular complexity index is 1230. The highest BCUT2D eigenvalue weighted by Crippen LogP contribution is 2.37. The number of amides is 3. The standard InChI is InChI=1S/C24H22N4O3/c1-24(11-10-19(29)26-23(24)31)28-13-17-12-16(8-9-18(17)22(28)30)20-21(27(2)14-25-20)15-6-4-3-5-7-15/h3-9,12,14H,10-11,13H2,1-2H3,(H,26,29,31)/t24-/m1/s1. The van der Waals surface area contributed by atoms with Gasteiger partial charge in [0, 0.05) is 36.7 Å². The van der Waals surface area contributed by atoms with Crippen LogP contribution in [0.3, 0.4) is 0 Å². The van der Waals surface area contributed by atoms with E-state index in [2.05, 4.69) is 10.3 Å². The summed E-state index contributed by atoms with van der Waals surface area (Å²) in [5.41, 5.74) is 4.23. The van der Waals surface area contributed by atoms with E-state index >= 15 is 0 Å². The summed E-state index contributed by atoms with van der Waals surface area (Å²) in [6.07, 6.45) is 2.33. The second-order valence-electron chi connectivity index (χ2n) is 8.33. The van der Waals surface area contributed by atoms with E-state index < -0.39 is 11.4 Å². The van der Waals surface area contributed by atoms with Crippen LogP contribution in [0.4, 0.5) is 0 Å². The Morgan fingerprint density at radius 3 is 2.55 bits per heavy atom. The Labute approximate surface area is 179 Å². The van der Waals surface area contributed by atoms with Crippen molar-refractivity contribution in [2.75, 3.05) is 0 Å². The summed E-state index contributed by atoms with van der Waals surface area (Å²) in [5, 5.41) is 2.38. The zero-order valence-corrected chi connectivity index (χ0v) is 17.4. The molecule has 0 spiro atoms. The number of nitrogens with zero attached hydrogens (tertiary/aromatic N) is 3. The van der Waals surface area contributed by atoms with Gasteiger partial charge in [-0.1, -0.05) is 36.4 Å². The summed E-state index contributed by atoms with van der Waals surface area (Å²) >= 11 is 0. The average molecular weight is 414 g/mol. The van der Waals surface area contributed by atoms with Crippen LogP contribution in [0, 0.1) is 0 Å². The summed E-state index contributed by atoms with van der Waals surface area (Å²) in [5.74, 6) is -0.892. The zero-order valence-electron chi connectivity index (χ0n) is 17.4. The number of imide groups is 1. The van der Waals surface area contributed by atoms with E-state index in [1.54, 1.807) is 18.2 Å². The molecule has 1 N–H and O–H groups in total. The molecule has 2 aliphatic heterocycles. The van der Waals surface area contributed by atoms with Gasteiger partial charge in [-0.2, -0.15) is 0 Å². The van der Waals surface area contributed by atoms with Crippen molar-refractivity contribution in [1.29, 1.82) is 0 Å². The predicted molar refractivity (Wildman–Crippen MR) is 115 cm³/mol. The molecule has 2 aromatic carbocycles. The van der Waals surface area contributed by atoms with E-state index in [9.17, 15) is 14.4 Å². The lowest BCUT2D eigenvalue weighted by molar-refractivity contribution is -0.142. The maximum absolute atomic E-state index is 13.1. The van der Waals surface area contributed by atoms with Crippen LogP contribution in [0.5, 0.6) is 0 Å². The van der Waals surface area contributed by atoms with Crippen molar-refractivity contribution in [3.8, 4) is 22.5 Å². The van der Waals surface area contributed by atoms with Gasteiger partial charge in [0.1, 0.15) is 5.54 Å². The lowest BCUT2D eigenvalue weighted by Gasteiger charge is -2.39. The number of aryl methyl sites for hydroxylation is 1. The molecular formula is C24H22N4O3. The SMILES string of the molecule is Cn1cnc(-c2ccc3c(c2)CN([C@]2(C)CCC(=O)NC2=O)C3=O)c1-c1ccccc1. The lowest BCUT2D eigenvalue weighted by atomic mass is 9.89. The molecule has 3 heterocycles. The van der Waals surface area contributed by atoms with Gasteiger partial charge in [0.15, 0.2) is 0 Å². The van der Waals surface area contributed by atoms with E-state index in [0.717, 1.165) is 28.1 Å². The van der Waals surface area contributed by atoms with Crippen molar-refractivity contribution in [3.63, 3.8) is 0 Å². The van der Waals surface area contributed by atoms with Gasteiger partial charge < -0.3 is 9.47 Å². The number of fused-ring (bicyclic) bond motifs is 1. The second kappa shape index (κ2) is 6.91. The van der Waals surface area contributed by atoms with Crippen LogP contribution in [0.1, 0.15) is 35.7 Å². The fourth-order valence-corrected chi connectivity index (χ4v) is 4.50. The van der Waals surface area contributed by atoms with Crippen molar-refractivity contribution in [3.05, 3.63) is 66.0 Å². The topological polar surface area (TPSA) is 84.3 Å². The normalized spacial score (nSPS) is 20.7. The van der Waals surface area contributed by atoms with Crippen LogP contribution < -0.4 is 5.32 Å². The van der Waals surface area contributed by atoms with Gasteiger partial charge in [0.2, 0.25) is 5.91 Å². The maximum Gasteiger partial charge on any atom is 0.255 e. The van der Waals surface area contributed by atoms with Crippen molar-refractivity contribution in [1.82, 2.24) is 19.8 Å². The number of benzene rings is 2. The molecule has 156 valence electrons. The van der Waals surface area contributed by atoms with Crippen molar-refractivity contribution < 1.29 is 14.4 Å². The Hall–Kier alpha value is -3.74. The maximum atomic E-state index is 13.1. The summed E-state index contributed by atoms with van der Waals surface area (Å²) in [4.78, 5) is 43.5. The highest BCUT2D eigenvalue weighted by atomic mass is 16.2. The van der Waals surface area contributed by atoms with Crippen LogP contribution >= 0.6 is 0 Å². The van der Waals surface area contributed by atoms with Crippen LogP contribution in [-0.4, -0.2) is 37.7 Å². The number of hydrogen-bond donors (Lipinski definition) is 1. The third kappa shape index (κ3) is 2.96. The molecule has 0 radical (unpaired) electrons. The molecule has 0 aliphatic carbocycles. The molecule has 1 saturated heterocycles. The smallest absolute Gasteiger partial charge is 0.255 e. The van der Waals surface area contributed by atoms with E-state index in [1.165, 1.54) is 0 Å². The third-order valence-corrected chi connectivity index (χ3v) is 6.34. The molecule has 7 nitrogen and oxygen atoms in total. The van der Waals surface area contributed by atoms with Crippen molar-refractivity contribution in [2.24, 2.45) is 7.05 Å². The highest BCUT2D eigenvalue weighted by molar-refractivity contribution is 6.07. The minimum absolute atomic E-state index is 0.183. The summed E-state index contributed by atoms with van der Waals surface area (Å²) in [6.45, 7) is 2.05. The summed E-state index contributed by atoms with van der Waals surface area (Å²) in [6, 6.07) is 15.7. The molecular weight excluding hydrogens is 392 g/mol. The number of rotatable bonds is 3. The van der Waals surface area contributed by atoms with Gasteiger partial charge in [-0.25, -0.2) is 4.98 Å². The summed E-state index contributed by atoms with van der Waals surface area (Å²) in [7, 11) is 1.96. The van der Waals surface area contributed by atoms with Crippen molar-refractivity contribution in [2.45, 2.75) is 31.8 Å². The second-order valence-corrected chi connectivity index (χ2v) is 8.33. The van der Waals surface area contributed by atoms with Crippen LogP contribution in [0.2, 0.25) is 0 Å². The quantitative estimate of drug-likeness (QED) is 0.668. The molecule has 31 heavy (non-hydrogen) atoms. The molecule has 5 rings (SSSR count). The number of imidazole rings is 1. The van der Waals surface area contributed by atoms with Gasteiger partial charge in [-0.3, -0.25) is 19.7 Å². The molecule has 0 bridgehead atoms. The highest BCUT2D eigenvalue weighted by Gasteiger charge is 2.48. The summed E-state index contributed by atoms with van der Waals surface area (Å²) < 4.78 is 1.99. The molecule has 1 fully saturated rings. The minimum atomic E-state index is -1.04. The molecule has 1 atom stereocenters. The molecule has 0 unspecified atom stereocenters. The first-order valence-corrected chi connectivity index (χ1v) is 10.2. The number of aromatic nitrogens is 2. The number of hydrogen-bond acceptors (Lipinski definition) is 4. The fourth-order valence-electron chi connectivity index (χ4n) is 4.50. The van der Waals surface area contributed by atoms with Crippen LogP contribution in [-0.2, 0) is 23.2 Å². The fraction of sp³-hybridized carbons (Fsp3) is 0.250. The van der Waals surface area contributed by atoms with Gasteiger partial charge in [-0.05, 0) is 31.0 Å². The molecule has 3 aromatic rings. The van der Waals surface area contributed by atoms with Crippen molar-refractivity contribution >= 4 is 17.7 Å². The predicted octanol–water partition coefficient (Wildman–Crippen LogP) is 2.91. The van der Waals surface area contributed by atoms with E-state index in [0.29, 0.717) is 18.5 Å². The van der Waals surface area contributed by atoms with Crippen LogP contribution in [0.25, 0.3) is 22.5 Å². The number of nitrogens with one attached hydrogen (secondary N) is 1. The number of carbonyl (C=O) groups is 3. The van der Waals surface area contributed by atoms with Gasteiger partial charge in [0.05, 0.1) is 17.7 Å². The first-order chi connectivity index (χ1) is 14.9. The Morgan fingerprint density at radius 1 is 1.03 bits per heavy atom. The Morgan fingerprint density at radius 2 is 1.81 bits per heavy atom.